The molecule has 0 fully saturated rings. The summed E-state index contributed by atoms with van der Waals surface area (Å²) in [4.78, 5) is 28.1. The van der Waals surface area contributed by atoms with Crippen molar-refractivity contribution in [1.82, 2.24) is 10.3 Å². The summed E-state index contributed by atoms with van der Waals surface area (Å²) in [6.45, 7) is -0.164. The fraction of sp³-hybridized carbons (Fsp3) is 0.0556. The number of carbonyl (C=O) groups excluding carboxylic acids is 2. The van der Waals surface area contributed by atoms with Crippen LogP contribution < -0.4 is 10.6 Å². The zero-order chi connectivity index (χ0) is 17.6. The molecule has 0 aliphatic heterocycles. The molecule has 0 unspecified atom stereocenters. The van der Waals surface area contributed by atoms with Crippen LogP contribution in [0.2, 0.25) is 0 Å². The van der Waals surface area contributed by atoms with Gasteiger partial charge >= 0.3 is 0 Å². The average Bonchev–Trinajstić information content (AvgIpc) is 3.09. The number of carbonyl (C=O) groups is 2. The smallest absolute Gasteiger partial charge is 0.251 e. The second-order valence-corrected chi connectivity index (χ2v) is 6.00. The molecule has 0 aliphatic carbocycles. The zero-order valence-electron chi connectivity index (χ0n) is 13.0. The van der Waals surface area contributed by atoms with Crippen LogP contribution in [0.1, 0.15) is 10.4 Å². The van der Waals surface area contributed by atoms with E-state index in [0.29, 0.717) is 22.0 Å². The molecule has 1 heterocycles. The number of halogens is 1. The molecular weight excluding hydrogens is 341 g/mol. The van der Waals surface area contributed by atoms with Gasteiger partial charge in [-0.15, -0.1) is 11.3 Å². The van der Waals surface area contributed by atoms with Crippen molar-refractivity contribution >= 4 is 28.3 Å². The van der Waals surface area contributed by atoms with E-state index in [-0.39, 0.29) is 24.2 Å². The molecule has 126 valence electrons. The highest BCUT2D eigenvalue weighted by atomic mass is 32.1. The van der Waals surface area contributed by atoms with E-state index in [4.69, 9.17) is 0 Å². The monoisotopic (exact) mass is 355 g/mol. The Hall–Kier alpha value is -3.06. The molecule has 0 spiro atoms. The summed E-state index contributed by atoms with van der Waals surface area (Å²) in [5.74, 6) is -1.06. The van der Waals surface area contributed by atoms with Crippen molar-refractivity contribution in [1.29, 1.82) is 0 Å². The molecule has 3 aromatic rings. The van der Waals surface area contributed by atoms with Crippen LogP contribution in [0.3, 0.4) is 0 Å². The maximum atomic E-state index is 13.3. The zero-order valence-corrected chi connectivity index (χ0v) is 13.8. The molecule has 0 atom stereocenters. The molecule has 0 saturated heterocycles. The Kier molecular flexibility index (Phi) is 5.15. The van der Waals surface area contributed by atoms with Crippen LogP contribution in [0.5, 0.6) is 0 Å². The summed E-state index contributed by atoms with van der Waals surface area (Å²) < 4.78 is 13.3. The van der Waals surface area contributed by atoms with Crippen LogP contribution in [-0.2, 0) is 4.79 Å². The van der Waals surface area contributed by atoms with Crippen molar-refractivity contribution in [2.75, 3.05) is 11.9 Å². The second kappa shape index (κ2) is 7.67. The van der Waals surface area contributed by atoms with Crippen LogP contribution in [0.15, 0.2) is 60.0 Å². The number of amides is 2. The molecule has 25 heavy (non-hydrogen) atoms. The lowest BCUT2D eigenvalue weighted by Gasteiger charge is -2.05. The van der Waals surface area contributed by atoms with E-state index < -0.39 is 0 Å². The summed E-state index contributed by atoms with van der Waals surface area (Å²) >= 11 is 1.23. The summed E-state index contributed by atoms with van der Waals surface area (Å²) in [6.07, 6.45) is 0. The Morgan fingerprint density at radius 3 is 2.64 bits per heavy atom. The van der Waals surface area contributed by atoms with Crippen molar-refractivity contribution in [2.45, 2.75) is 0 Å². The van der Waals surface area contributed by atoms with Gasteiger partial charge in [0.25, 0.3) is 5.91 Å². The van der Waals surface area contributed by atoms with E-state index in [9.17, 15) is 14.0 Å². The number of nitrogens with one attached hydrogen (secondary N) is 2. The minimum absolute atomic E-state index is 0.164. The van der Waals surface area contributed by atoms with Gasteiger partial charge in [0.2, 0.25) is 5.91 Å². The minimum atomic E-state index is -0.385. The molecule has 2 amide bonds. The largest absolute Gasteiger partial charge is 0.343 e. The van der Waals surface area contributed by atoms with Gasteiger partial charge in [-0.2, -0.15) is 0 Å². The molecule has 5 nitrogen and oxygen atoms in total. The fourth-order valence-electron chi connectivity index (χ4n) is 2.13. The first-order valence-electron chi connectivity index (χ1n) is 7.46. The van der Waals surface area contributed by atoms with Gasteiger partial charge in [0.1, 0.15) is 5.82 Å². The quantitative estimate of drug-likeness (QED) is 0.738. The lowest BCUT2D eigenvalue weighted by atomic mass is 10.2. The second-order valence-electron chi connectivity index (χ2n) is 5.15. The Labute approximate surface area is 147 Å². The van der Waals surface area contributed by atoms with Crippen LogP contribution in [0, 0.1) is 5.82 Å². The molecule has 7 heteroatoms. The molecule has 0 aliphatic rings. The molecular formula is C18H14FN3O2S. The van der Waals surface area contributed by atoms with Gasteiger partial charge in [0.05, 0.1) is 12.2 Å². The van der Waals surface area contributed by atoms with Gasteiger partial charge in [0, 0.05) is 16.5 Å². The highest BCUT2D eigenvalue weighted by Crippen LogP contribution is 2.25. The average molecular weight is 355 g/mol. The van der Waals surface area contributed by atoms with Gasteiger partial charge in [-0.1, -0.05) is 30.3 Å². The molecule has 0 saturated carbocycles. The van der Waals surface area contributed by atoms with Gasteiger partial charge in [-0.05, 0) is 24.3 Å². The fourth-order valence-corrected chi connectivity index (χ4v) is 2.86. The minimum Gasteiger partial charge on any atom is -0.343 e. The first-order chi connectivity index (χ1) is 12.1. The third kappa shape index (κ3) is 4.48. The van der Waals surface area contributed by atoms with Gasteiger partial charge in [0.15, 0.2) is 5.13 Å². The van der Waals surface area contributed by atoms with Crippen LogP contribution in [0.4, 0.5) is 9.52 Å². The molecule has 0 bridgehead atoms. The molecule has 2 aromatic carbocycles. The normalized spacial score (nSPS) is 10.3. The van der Waals surface area contributed by atoms with Gasteiger partial charge < -0.3 is 10.6 Å². The Balaban J connectivity index is 1.56. The number of hydrogen-bond acceptors (Lipinski definition) is 4. The van der Waals surface area contributed by atoms with E-state index in [0.717, 1.165) is 0 Å². The van der Waals surface area contributed by atoms with Crippen LogP contribution in [0.25, 0.3) is 11.3 Å². The summed E-state index contributed by atoms with van der Waals surface area (Å²) in [5.41, 5.74) is 1.69. The Morgan fingerprint density at radius 1 is 1.08 bits per heavy atom. The van der Waals surface area contributed by atoms with Crippen molar-refractivity contribution < 1.29 is 14.0 Å². The van der Waals surface area contributed by atoms with Gasteiger partial charge in [-0.25, -0.2) is 9.37 Å². The lowest BCUT2D eigenvalue weighted by Crippen LogP contribution is -2.32. The van der Waals surface area contributed by atoms with E-state index in [2.05, 4.69) is 15.6 Å². The number of nitrogens with zero attached hydrogens (tertiary/aromatic N) is 1. The number of rotatable bonds is 5. The molecule has 1 aromatic heterocycles. The maximum Gasteiger partial charge on any atom is 0.251 e. The predicted octanol–water partition coefficient (Wildman–Crippen LogP) is 3.32. The van der Waals surface area contributed by atoms with E-state index in [1.165, 1.54) is 23.5 Å². The van der Waals surface area contributed by atoms with Crippen molar-refractivity contribution in [3.8, 4) is 11.3 Å². The standard InChI is InChI=1S/C18H14FN3O2S/c19-14-8-4-7-13(9-14)15-11-25-18(21-15)22-16(23)10-20-17(24)12-5-2-1-3-6-12/h1-9,11H,10H2,(H,20,24)(H,21,22,23). The number of aromatic nitrogens is 1. The predicted molar refractivity (Wildman–Crippen MR) is 94.9 cm³/mol. The highest BCUT2D eigenvalue weighted by molar-refractivity contribution is 7.14. The summed E-state index contributed by atoms with van der Waals surface area (Å²) in [7, 11) is 0. The van der Waals surface area contributed by atoms with Crippen LogP contribution >= 0.6 is 11.3 Å². The van der Waals surface area contributed by atoms with E-state index in [1.807, 2.05) is 6.07 Å². The number of hydrogen-bond donors (Lipinski definition) is 2. The number of thiazole rings is 1. The lowest BCUT2D eigenvalue weighted by molar-refractivity contribution is -0.115. The van der Waals surface area contributed by atoms with Crippen LogP contribution in [-0.4, -0.2) is 23.3 Å². The highest BCUT2D eigenvalue weighted by Gasteiger charge is 2.10. The first-order valence-corrected chi connectivity index (χ1v) is 8.34. The molecule has 0 radical (unpaired) electrons. The third-order valence-electron chi connectivity index (χ3n) is 3.32. The third-order valence-corrected chi connectivity index (χ3v) is 4.07. The topological polar surface area (TPSA) is 71.1 Å². The SMILES string of the molecule is O=C(CNC(=O)c1ccccc1)Nc1nc(-c2cccc(F)c2)cs1. The van der Waals surface area contributed by atoms with E-state index >= 15 is 0 Å². The summed E-state index contributed by atoms with van der Waals surface area (Å²) in [6, 6.07) is 14.7. The van der Waals surface area contributed by atoms with E-state index in [1.54, 1.807) is 41.8 Å². The number of benzene rings is 2. The Bertz CT molecular complexity index is 896. The first kappa shape index (κ1) is 16.8. The molecule has 2 N–H and O–H groups in total. The maximum absolute atomic E-state index is 13.3. The van der Waals surface area contributed by atoms with Crippen molar-refractivity contribution in [2.24, 2.45) is 0 Å². The van der Waals surface area contributed by atoms with Gasteiger partial charge in [-0.3, -0.25) is 9.59 Å². The molecule has 3 rings (SSSR count). The van der Waals surface area contributed by atoms with Crippen molar-refractivity contribution in [3.05, 3.63) is 71.4 Å². The van der Waals surface area contributed by atoms with Crippen molar-refractivity contribution in [3.63, 3.8) is 0 Å². The number of anilines is 1. The Morgan fingerprint density at radius 2 is 1.88 bits per heavy atom. The summed E-state index contributed by atoms with van der Waals surface area (Å²) in [5, 5.41) is 7.27.